The van der Waals surface area contributed by atoms with Gasteiger partial charge in [-0.3, -0.25) is 4.90 Å². The monoisotopic (exact) mass is 374 g/mol. The molecule has 1 aromatic carbocycles. The zero-order valence-electron chi connectivity index (χ0n) is 17.1. The third kappa shape index (κ3) is 3.10. The van der Waals surface area contributed by atoms with Crippen molar-refractivity contribution in [2.24, 2.45) is 0 Å². The summed E-state index contributed by atoms with van der Waals surface area (Å²) in [5.41, 5.74) is 7.21. The first kappa shape index (κ1) is 17.7. The molecule has 0 amide bonds. The van der Waals surface area contributed by atoms with Crippen molar-refractivity contribution >= 4 is 16.7 Å². The highest BCUT2D eigenvalue weighted by molar-refractivity contribution is 5.88. The number of hydrogen-bond acceptors (Lipinski definition) is 3. The largest absolute Gasteiger partial charge is 0.354 e. The van der Waals surface area contributed by atoms with Crippen LogP contribution >= 0.6 is 0 Å². The van der Waals surface area contributed by atoms with Crippen molar-refractivity contribution in [3.05, 3.63) is 58.9 Å². The van der Waals surface area contributed by atoms with Crippen LogP contribution in [-0.4, -0.2) is 47.2 Å². The van der Waals surface area contributed by atoms with Gasteiger partial charge in [0.05, 0.1) is 5.52 Å². The van der Waals surface area contributed by atoms with E-state index in [9.17, 15) is 0 Å². The Hall–Kier alpha value is -2.33. The molecule has 5 rings (SSSR count). The molecule has 28 heavy (non-hydrogen) atoms. The number of piperazine rings is 1. The van der Waals surface area contributed by atoms with Gasteiger partial charge in [-0.2, -0.15) is 0 Å². The van der Waals surface area contributed by atoms with Gasteiger partial charge in [0.25, 0.3) is 0 Å². The van der Waals surface area contributed by atoms with Crippen molar-refractivity contribution in [3.8, 4) is 0 Å². The molecule has 4 heteroatoms. The van der Waals surface area contributed by atoms with E-state index < -0.39 is 0 Å². The Kier molecular flexibility index (Phi) is 4.59. The van der Waals surface area contributed by atoms with Crippen LogP contribution in [0.4, 0.5) is 5.82 Å². The Morgan fingerprint density at radius 1 is 0.929 bits per heavy atom. The molecule has 146 valence electrons. The predicted octanol–water partition coefficient (Wildman–Crippen LogP) is 3.96. The Labute approximate surface area is 167 Å². The van der Waals surface area contributed by atoms with Crippen molar-refractivity contribution in [2.75, 3.05) is 37.6 Å². The lowest BCUT2D eigenvalue weighted by Crippen LogP contribution is -2.47. The van der Waals surface area contributed by atoms with Crippen LogP contribution in [0.5, 0.6) is 0 Å². The second kappa shape index (κ2) is 7.25. The highest BCUT2D eigenvalue weighted by Crippen LogP contribution is 2.33. The van der Waals surface area contributed by atoms with Gasteiger partial charge in [0, 0.05) is 56.0 Å². The lowest BCUT2D eigenvalue weighted by atomic mass is 10.0. The van der Waals surface area contributed by atoms with Gasteiger partial charge in [-0.05, 0) is 56.4 Å². The minimum Gasteiger partial charge on any atom is -0.354 e. The molecule has 2 aliphatic heterocycles. The normalized spacial score (nSPS) is 17.4. The summed E-state index contributed by atoms with van der Waals surface area (Å²) in [6.07, 6.45) is 3.66. The Bertz CT molecular complexity index is 995. The highest BCUT2D eigenvalue weighted by Gasteiger charge is 2.22. The van der Waals surface area contributed by atoms with Crippen LogP contribution in [0.15, 0.2) is 36.4 Å². The maximum Gasteiger partial charge on any atom is 0.128 e. The molecule has 0 N–H and O–H groups in total. The van der Waals surface area contributed by atoms with E-state index in [0.29, 0.717) is 0 Å². The first-order chi connectivity index (χ1) is 13.7. The van der Waals surface area contributed by atoms with Gasteiger partial charge < -0.3 is 9.47 Å². The molecule has 0 atom stereocenters. The molecule has 1 fully saturated rings. The summed E-state index contributed by atoms with van der Waals surface area (Å²) in [7, 11) is 0. The smallest absolute Gasteiger partial charge is 0.128 e. The molecule has 0 bridgehead atoms. The van der Waals surface area contributed by atoms with Crippen LogP contribution in [0.3, 0.4) is 0 Å². The van der Waals surface area contributed by atoms with Gasteiger partial charge in [0.2, 0.25) is 0 Å². The minimum atomic E-state index is 1.07. The van der Waals surface area contributed by atoms with Crippen LogP contribution < -0.4 is 4.90 Å². The van der Waals surface area contributed by atoms with Crippen molar-refractivity contribution in [3.63, 3.8) is 0 Å². The van der Waals surface area contributed by atoms with Gasteiger partial charge >= 0.3 is 0 Å². The number of hydrogen-bond donors (Lipinski definition) is 0. The van der Waals surface area contributed by atoms with E-state index in [-0.39, 0.29) is 0 Å². The molecule has 0 unspecified atom stereocenters. The average molecular weight is 375 g/mol. The van der Waals surface area contributed by atoms with Crippen LogP contribution in [0.25, 0.3) is 10.9 Å². The summed E-state index contributed by atoms with van der Waals surface area (Å²) in [6, 6.07) is 13.2. The number of rotatable bonds is 4. The first-order valence-electron chi connectivity index (χ1n) is 10.7. The van der Waals surface area contributed by atoms with Crippen LogP contribution in [0.1, 0.15) is 28.9 Å². The van der Waals surface area contributed by atoms with Gasteiger partial charge in [-0.1, -0.05) is 24.3 Å². The Morgan fingerprint density at radius 3 is 2.57 bits per heavy atom. The number of aromatic nitrogens is 2. The molecule has 3 aromatic rings. The predicted molar refractivity (Wildman–Crippen MR) is 116 cm³/mol. The van der Waals surface area contributed by atoms with E-state index in [1.54, 1.807) is 5.56 Å². The zero-order valence-corrected chi connectivity index (χ0v) is 17.1. The van der Waals surface area contributed by atoms with E-state index in [0.717, 1.165) is 50.7 Å². The maximum absolute atomic E-state index is 4.69. The molecule has 1 saturated heterocycles. The second-order valence-electron chi connectivity index (χ2n) is 8.35. The fourth-order valence-corrected chi connectivity index (χ4v) is 5.08. The van der Waals surface area contributed by atoms with Gasteiger partial charge in [-0.15, -0.1) is 0 Å². The molecule has 2 aromatic heterocycles. The number of para-hydroxylation sites is 1. The van der Waals surface area contributed by atoms with E-state index in [1.165, 1.54) is 41.5 Å². The maximum atomic E-state index is 4.69. The molecule has 0 aliphatic carbocycles. The van der Waals surface area contributed by atoms with Crippen LogP contribution in [0.2, 0.25) is 0 Å². The molecule has 4 nitrogen and oxygen atoms in total. The van der Waals surface area contributed by atoms with Gasteiger partial charge in [0.1, 0.15) is 5.82 Å². The standard InChI is InChI=1S/C24H30N4/c1-18-6-3-10-23(25-18)27-16-14-26(15-17-27)13-11-21-19(2)28-12-5-8-20-7-4-9-22(21)24(20)28/h3-4,6-7,9-10H,5,8,11-17H2,1-2H3. The summed E-state index contributed by atoms with van der Waals surface area (Å²) in [4.78, 5) is 9.74. The van der Waals surface area contributed by atoms with Gasteiger partial charge in [-0.25, -0.2) is 4.98 Å². The lowest BCUT2D eigenvalue weighted by molar-refractivity contribution is 0.260. The highest BCUT2D eigenvalue weighted by atomic mass is 15.3. The number of pyridine rings is 1. The minimum absolute atomic E-state index is 1.07. The summed E-state index contributed by atoms with van der Waals surface area (Å²) in [5.74, 6) is 1.13. The SMILES string of the molecule is Cc1cccc(N2CCN(CCc3c(C)n4c5c(cccc35)CCC4)CC2)n1. The van der Waals surface area contributed by atoms with E-state index in [1.807, 2.05) is 0 Å². The Morgan fingerprint density at radius 2 is 1.75 bits per heavy atom. The molecule has 4 heterocycles. The third-order valence-electron chi connectivity index (χ3n) is 6.63. The topological polar surface area (TPSA) is 24.3 Å². The molecule has 0 radical (unpaired) electrons. The summed E-state index contributed by atoms with van der Waals surface area (Å²) >= 11 is 0. The summed E-state index contributed by atoms with van der Waals surface area (Å²) in [6.45, 7) is 11.1. The molecular weight excluding hydrogens is 344 g/mol. The molecule has 0 spiro atoms. The van der Waals surface area contributed by atoms with E-state index in [2.05, 4.69) is 64.6 Å². The fourth-order valence-electron chi connectivity index (χ4n) is 5.08. The molecular formula is C24H30N4. The second-order valence-corrected chi connectivity index (χ2v) is 8.35. The lowest BCUT2D eigenvalue weighted by Gasteiger charge is -2.35. The number of benzene rings is 1. The summed E-state index contributed by atoms with van der Waals surface area (Å²) < 4.78 is 2.57. The first-order valence-corrected chi connectivity index (χ1v) is 10.7. The van der Waals surface area contributed by atoms with E-state index in [4.69, 9.17) is 4.98 Å². The molecule has 0 saturated carbocycles. The molecule has 2 aliphatic rings. The van der Waals surface area contributed by atoms with Crippen LogP contribution in [-0.2, 0) is 19.4 Å². The van der Waals surface area contributed by atoms with Crippen molar-refractivity contribution in [1.82, 2.24) is 14.5 Å². The average Bonchev–Trinajstić information content (AvgIpc) is 3.00. The van der Waals surface area contributed by atoms with Crippen molar-refractivity contribution in [2.45, 2.75) is 39.7 Å². The third-order valence-corrected chi connectivity index (χ3v) is 6.63. The summed E-state index contributed by atoms with van der Waals surface area (Å²) in [5, 5.41) is 1.50. The number of nitrogens with zero attached hydrogens (tertiary/aromatic N) is 4. The van der Waals surface area contributed by atoms with E-state index >= 15 is 0 Å². The number of aryl methyl sites for hydroxylation is 3. The van der Waals surface area contributed by atoms with Crippen molar-refractivity contribution in [1.29, 1.82) is 0 Å². The fraction of sp³-hybridized carbons (Fsp3) is 0.458. The van der Waals surface area contributed by atoms with Crippen molar-refractivity contribution < 1.29 is 0 Å². The number of anilines is 1. The Balaban J connectivity index is 1.27. The zero-order chi connectivity index (χ0) is 19.1. The quantitative estimate of drug-likeness (QED) is 0.691. The van der Waals surface area contributed by atoms with Gasteiger partial charge in [0.15, 0.2) is 0 Å². The van der Waals surface area contributed by atoms with Crippen LogP contribution in [0, 0.1) is 13.8 Å².